The fourth-order valence-electron chi connectivity index (χ4n) is 1.81. The first-order chi connectivity index (χ1) is 11.4. The number of carbonyl (C=O) groups excluding carboxylic acids is 1. The number of thioether (sulfide) groups is 1. The van der Waals surface area contributed by atoms with Gasteiger partial charge in [-0.15, -0.1) is 0 Å². The first-order valence-electron chi connectivity index (χ1n) is 7.01. The highest BCUT2D eigenvalue weighted by Crippen LogP contribution is 2.29. The van der Waals surface area contributed by atoms with Crippen LogP contribution in [-0.4, -0.2) is 22.6 Å². The van der Waals surface area contributed by atoms with Crippen molar-refractivity contribution in [3.63, 3.8) is 0 Å². The lowest BCUT2D eigenvalue weighted by atomic mass is 10.0. The van der Waals surface area contributed by atoms with Gasteiger partial charge in [-0.1, -0.05) is 19.9 Å². The molecule has 24 heavy (non-hydrogen) atoms. The zero-order chi connectivity index (χ0) is 18.3. The Hall–Kier alpha value is -2.41. The van der Waals surface area contributed by atoms with Gasteiger partial charge < -0.3 is 9.84 Å². The normalized spacial score (nSPS) is 9.71. The molecule has 0 heterocycles. The van der Waals surface area contributed by atoms with Crippen molar-refractivity contribution in [2.45, 2.75) is 13.8 Å². The molecule has 2 aromatic rings. The van der Waals surface area contributed by atoms with Crippen molar-refractivity contribution < 1.29 is 28.2 Å². The minimum absolute atomic E-state index is 0.0478. The van der Waals surface area contributed by atoms with Gasteiger partial charge in [0.15, 0.2) is 0 Å². The van der Waals surface area contributed by atoms with E-state index in [1.165, 1.54) is 30.5 Å². The van der Waals surface area contributed by atoms with Gasteiger partial charge in [0.1, 0.15) is 22.9 Å². The SMILES string of the molecule is CC.CSC(=O)Oc1ccc(-c2ccc(F)cc2F)cc1C(=O)O. The summed E-state index contributed by atoms with van der Waals surface area (Å²) < 4.78 is 31.6. The van der Waals surface area contributed by atoms with Crippen LogP contribution >= 0.6 is 11.8 Å². The molecule has 0 aliphatic heterocycles. The number of rotatable bonds is 3. The molecule has 0 aromatic heterocycles. The predicted molar refractivity (Wildman–Crippen MR) is 89.6 cm³/mol. The van der Waals surface area contributed by atoms with E-state index < -0.39 is 22.9 Å². The third-order valence-corrected chi connectivity index (χ3v) is 3.23. The summed E-state index contributed by atoms with van der Waals surface area (Å²) in [6, 6.07) is 6.81. The molecule has 0 saturated heterocycles. The quantitative estimate of drug-likeness (QED) is 0.766. The third kappa shape index (κ3) is 4.79. The number of hydrogen-bond donors (Lipinski definition) is 1. The molecule has 4 nitrogen and oxygen atoms in total. The number of hydrogen-bond acceptors (Lipinski definition) is 4. The Morgan fingerprint density at radius 1 is 1.08 bits per heavy atom. The van der Waals surface area contributed by atoms with Crippen LogP contribution in [0.4, 0.5) is 13.6 Å². The second kappa shape index (κ2) is 9.02. The summed E-state index contributed by atoms with van der Waals surface area (Å²) in [5.74, 6) is -3.01. The number of carboxylic acid groups (broad SMARTS) is 1. The molecule has 0 aliphatic rings. The molecule has 0 spiro atoms. The molecule has 0 fully saturated rings. The lowest BCUT2D eigenvalue weighted by Crippen LogP contribution is -2.06. The second-order valence-corrected chi connectivity index (χ2v) is 4.94. The Labute approximate surface area is 142 Å². The second-order valence-electron chi connectivity index (χ2n) is 4.20. The zero-order valence-corrected chi connectivity index (χ0v) is 14.1. The number of carboxylic acids is 1. The van der Waals surface area contributed by atoms with Crippen LogP contribution in [0.25, 0.3) is 11.1 Å². The maximum absolute atomic E-state index is 13.8. The van der Waals surface area contributed by atoms with Gasteiger partial charge >= 0.3 is 11.3 Å². The van der Waals surface area contributed by atoms with Crippen LogP contribution in [0.2, 0.25) is 0 Å². The minimum Gasteiger partial charge on any atom is -0.478 e. The molecular formula is C17H16F2O4S. The van der Waals surface area contributed by atoms with Crippen LogP contribution in [0, 0.1) is 11.6 Å². The average molecular weight is 354 g/mol. The molecule has 2 rings (SSSR count). The van der Waals surface area contributed by atoms with Gasteiger partial charge in [-0.2, -0.15) is 0 Å². The molecule has 128 valence electrons. The Balaban J connectivity index is 0.00000139. The van der Waals surface area contributed by atoms with Crippen LogP contribution < -0.4 is 4.74 Å². The lowest BCUT2D eigenvalue weighted by Gasteiger charge is -2.09. The molecule has 0 amide bonds. The van der Waals surface area contributed by atoms with Crippen molar-refractivity contribution >= 4 is 23.0 Å². The first kappa shape index (κ1) is 19.6. The van der Waals surface area contributed by atoms with Crippen LogP contribution in [0.5, 0.6) is 5.75 Å². The monoisotopic (exact) mass is 354 g/mol. The zero-order valence-electron chi connectivity index (χ0n) is 13.3. The van der Waals surface area contributed by atoms with Crippen molar-refractivity contribution in [2.75, 3.05) is 6.26 Å². The smallest absolute Gasteiger partial charge is 0.372 e. The van der Waals surface area contributed by atoms with Crippen LogP contribution in [0.15, 0.2) is 36.4 Å². The Bertz CT molecular complexity index is 747. The molecule has 0 unspecified atom stereocenters. The summed E-state index contributed by atoms with van der Waals surface area (Å²) >= 11 is 0.789. The highest BCUT2D eigenvalue weighted by molar-refractivity contribution is 8.12. The maximum Gasteiger partial charge on any atom is 0.372 e. The van der Waals surface area contributed by atoms with Crippen LogP contribution in [0.1, 0.15) is 24.2 Å². The number of ether oxygens (including phenoxy) is 1. The Morgan fingerprint density at radius 3 is 2.29 bits per heavy atom. The summed E-state index contributed by atoms with van der Waals surface area (Å²) in [5, 5.41) is 8.52. The molecule has 1 N–H and O–H groups in total. The van der Waals surface area contributed by atoms with E-state index >= 15 is 0 Å². The van der Waals surface area contributed by atoms with Gasteiger partial charge in [0.25, 0.3) is 0 Å². The number of aromatic carboxylic acids is 1. The van der Waals surface area contributed by atoms with Crippen molar-refractivity contribution in [1.82, 2.24) is 0 Å². The van der Waals surface area contributed by atoms with Crippen molar-refractivity contribution in [3.8, 4) is 16.9 Å². The average Bonchev–Trinajstić information content (AvgIpc) is 2.57. The number of carbonyl (C=O) groups is 2. The Kier molecular flexibility index (Phi) is 7.38. The van der Waals surface area contributed by atoms with Crippen molar-refractivity contribution in [1.29, 1.82) is 0 Å². The van der Waals surface area contributed by atoms with E-state index in [-0.39, 0.29) is 22.4 Å². The van der Waals surface area contributed by atoms with E-state index in [4.69, 9.17) is 4.74 Å². The summed E-state index contributed by atoms with van der Waals surface area (Å²) in [6.07, 6.45) is 1.49. The van der Waals surface area contributed by atoms with E-state index in [0.717, 1.165) is 17.8 Å². The van der Waals surface area contributed by atoms with Crippen molar-refractivity contribution in [2.24, 2.45) is 0 Å². The molecule has 0 saturated carbocycles. The van der Waals surface area contributed by atoms with Gasteiger partial charge in [-0.05, 0) is 47.8 Å². The largest absolute Gasteiger partial charge is 0.478 e. The molecule has 0 bridgehead atoms. The standard InChI is InChI=1S/C15H10F2O4S.C2H6/c1-22-15(20)21-13-5-2-8(6-11(13)14(18)19)10-4-3-9(16)7-12(10)17;1-2/h2-7H,1H3,(H,18,19);1-2H3. The van der Waals surface area contributed by atoms with Crippen molar-refractivity contribution in [3.05, 3.63) is 53.6 Å². The molecule has 0 aliphatic carbocycles. The first-order valence-corrected chi connectivity index (χ1v) is 8.23. The molecule has 0 atom stereocenters. The molecule has 0 radical (unpaired) electrons. The molecule has 2 aromatic carbocycles. The van der Waals surface area contributed by atoms with Gasteiger partial charge in [0, 0.05) is 11.6 Å². The summed E-state index contributed by atoms with van der Waals surface area (Å²) in [6.45, 7) is 4.00. The number of halogens is 2. The Morgan fingerprint density at radius 2 is 1.75 bits per heavy atom. The summed E-state index contributed by atoms with van der Waals surface area (Å²) in [4.78, 5) is 22.5. The van der Waals surface area contributed by atoms with Crippen LogP contribution in [-0.2, 0) is 0 Å². The van der Waals surface area contributed by atoms with E-state index in [1.807, 2.05) is 13.8 Å². The highest BCUT2D eigenvalue weighted by atomic mass is 32.2. The third-order valence-electron chi connectivity index (χ3n) is 2.81. The summed E-state index contributed by atoms with van der Waals surface area (Å²) in [7, 11) is 0. The highest BCUT2D eigenvalue weighted by Gasteiger charge is 2.17. The van der Waals surface area contributed by atoms with E-state index in [1.54, 1.807) is 0 Å². The van der Waals surface area contributed by atoms with Gasteiger partial charge in [0.05, 0.1) is 0 Å². The molecule has 7 heteroatoms. The van der Waals surface area contributed by atoms with E-state index in [0.29, 0.717) is 6.07 Å². The summed E-state index contributed by atoms with van der Waals surface area (Å²) in [5.41, 5.74) is -0.00545. The predicted octanol–water partition coefficient (Wildman–Crippen LogP) is 5.22. The van der Waals surface area contributed by atoms with E-state index in [9.17, 15) is 23.5 Å². The maximum atomic E-state index is 13.8. The topological polar surface area (TPSA) is 63.6 Å². The molecular weight excluding hydrogens is 338 g/mol. The minimum atomic E-state index is -1.33. The van der Waals surface area contributed by atoms with Gasteiger partial charge in [0.2, 0.25) is 0 Å². The van der Waals surface area contributed by atoms with Crippen LogP contribution in [0.3, 0.4) is 0 Å². The fourth-order valence-corrected chi connectivity index (χ4v) is 1.98. The van der Waals surface area contributed by atoms with Gasteiger partial charge in [-0.25, -0.2) is 18.4 Å². The fraction of sp³-hybridized carbons (Fsp3) is 0.176. The van der Waals surface area contributed by atoms with E-state index in [2.05, 4.69) is 0 Å². The van der Waals surface area contributed by atoms with Gasteiger partial charge in [-0.3, -0.25) is 0 Å². The number of benzene rings is 2. The lowest BCUT2D eigenvalue weighted by molar-refractivity contribution is 0.0694.